The quantitative estimate of drug-likeness (QED) is 0.629. The summed E-state index contributed by atoms with van der Waals surface area (Å²) in [4.78, 5) is 3.96. The number of fused-ring (bicyclic) bond motifs is 1. The normalized spacial score (nSPS) is 13.0. The first-order valence-corrected chi connectivity index (χ1v) is 10.4. The third-order valence-corrected chi connectivity index (χ3v) is 7.44. The molecule has 9 nitrogen and oxygen atoms in total. The lowest BCUT2D eigenvalue weighted by atomic mass is 10.2. The maximum atomic E-state index is 13.6. The molecule has 26 heavy (non-hydrogen) atoms. The van der Waals surface area contributed by atoms with Crippen LogP contribution in [-0.2, 0) is 20.2 Å². The van der Waals surface area contributed by atoms with E-state index in [9.17, 15) is 21.2 Å². The number of aromatic nitrogens is 4. The highest BCUT2D eigenvalue weighted by molar-refractivity contribution is 7.90. The molecule has 0 unspecified atom stereocenters. The molecule has 3 rings (SSSR count). The number of nitrogens with zero attached hydrogens (tertiary/aromatic N) is 5. The van der Waals surface area contributed by atoms with Gasteiger partial charge < -0.3 is 0 Å². The van der Waals surface area contributed by atoms with E-state index in [4.69, 9.17) is 0 Å². The van der Waals surface area contributed by atoms with Crippen LogP contribution in [0.5, 0.6) is 0 Å². The topological polar surface area (TPSA) is 107 Å². The van der Waals surface area contributed by atoms with Crippen molar-refractivity contribution >= 4 is 43.8 Å². The second-order valence-corrected chi connectivity index (χ2v) is 9.68. The van der Waals surface area contributed by atoms with Crippen LogP contribution in [0.1, 0.15) is 5.69 Å². The van der Waals surface area contributed by atoms with E-state index in [1.165, 1.54) is 33.2 Å². The Bertz CT molecular complexity index is 1230. The molecule has 0 aliphatic heterocycles. The number of hydrogen-bond acceptors (Lipinski definition) is 7. The van der Waals surface area contributed by atoms with Crippen molar-refractivity contribution in [1.29, 1.82) is 0 Å². The van der Waals surface area contributed by atoms with Crippen molar-refractivity contribution in [2.75, 3.05) is 14.1 Å². The van der Waals surface area contributed by atoms with E-state index in [2.05, 4.69) is 22.7 Å². The molecule has 2 heterocycles. The summed E-state index contributed by atoms with van der Waals surface area (Å²) in [7, 11) is -5.87. The molecule has 0 spiro atoms. The van der Waals surface area contributed by atoms with E-state index in [0.717, 1.165) is 20.7 Å². The molecule has 0 saturated heterocycles. The van der Waals surface area contributed by atoms with Crippen LogP contribution >= 0.6 is 12.6 Å². The highest BCUT2D eigenvalue weighted by Crippen LogP contribution is 2.32. The fourth-order valence-electron chi connectivity index (χ4n) is 2.37. The Morgan fingerprint density at radius 2 is 1.85 bits per heavy atom. The van der Waals surface area contributed by atoms with E-state index in [-0.39, 0.29) is 11.2 Å². The SMILES string of the molecule is Cc1c(S)c2ccc(F)cc2n1S(=O)(=O)c1ncn(S(=O)(=O)N(C)C)n1. The smallest absolute Gasteiger partial charge is 0.234 e. The molecule has 0 atom stereocenters. The average Bonchev–Trinajstić information content (AvgIpc) is 3.13. The molecule has 140 valence electrons. The van der Waals surface area contributed by atoms with Crippen LogP contribution in [-0.4, -0.2) is 53.4 Å². The van der Waals surface area contributed by atoms with E-state index in [1.807, 2.05) is 0 Å². The fourth-order valence-corrected chi connectivity index (χ4v) is 4.85. The van der Waals surface area contributed by atoms with Gasteiger partial charge >= 0.3 is 20.2 Å². The molecule has 0 N–H and O–H groups in total. The molecule has 0 radical (unpaired) electrons. The molecule has 1 aromatic carbocycles. The minimum absolute atomic E-state index is 0.0549. The standard InChI is InChI=1S/C13H14FN5O4S3/c1-8-12(24)10-5-4-9(14)6-11(10)19(8)25(20,21)13-15-7-18(16-13)26(22,23)17(2)3/h4-7,24H,1-3H3. The van der Waals surface area contributed by atoms with Crippen LogP contribution < -0.4 is 0 Å². The molecule has 2 aromatic heterocycles. The first kappa shape index (κ1) is 18.8. The highest BCUT2D eigenvalue weighted by Gasteiger charge is 2.30. The highest BCUT2D eigenvalue weighted by atomic mass is 32.2. The first-order chi connectivity index (χ1) is 12.0. The molecule has 3 aromatic rings. The minimum atomic E-state index is -4.38. The van der Waals surface area contributed by atoms with Gasteiger partial charge in [-0.3, -0.25) is 0 Å². The Balaban J connectivity index is 2.26. The van der Waals surface area contributed by atoms with Gasteiger partial charge in [0.1, 0.15) is 12.1 Å². The molecule has 0 saturated carbocycles. The van der Waals surface area contributed by atoms with Crippen LogP contribution in [0, 0.1) is 12.7 Å². The number of thiol groups is 1. The Kier molecular flexibility index (Phi) is 4.37. The van der Waals surface area contributed by atoms with Gasteiger partial charge in [-0.05, 0) is 25.1 Å². The summed E-state index contributed by atoms with van der Waals surface area (Å²) in [5.74, 6) is -0.631. The summed E-state index contributed by atoms with van der Waals surface area (Å²) in [6.07, 6.45) is 0.783. The Hall–Kier alpha value is -1.96. The largest absolute Gasteiger partial charge is 0.323 e. The zero-order chi connectivity index (χ0) is 19.4. The third kappa shape index (κ3) is 2.71. The molecule has 0 fully saturated rings. The summed E-state index contributed by atoms with van der Waals surface area (Å²) < 4.78 is 65.8. The summed E-state index contributed by atoms with van der Waals surface area (Å²) in [6.45, 7) is 1.49. The van der Waals surface area contributed by atoms with Crippen molar-refractivity contribution < 1.29 is 21.2 Å². The lowest BCUT2D eigenvalue weighted by molar-refractivity contribution is 0.502. The van der Waals surface area contributed by atoms with Gasteiger partial charge in [0.05, 0.1) is 5.52 Å². The van der Waals surface area contributed by atoms with Crippen LogP contribution in [0.15, 0.2) is 34.6 Å². The molecule has 13 heteroatoms. The summed E-state index contributed by atoms with van der Waals surface area (Å²) in [5, 5.41) is 3.27. The van der Waals surface area contributed by atoms with Gasteiger partial charge in [0.25, 0.3) is 5.16 Å². The Morgan fingerprint density at radius 1 is 1.19 bits per heavy atom. The first-order valence-electron chi connectivity index (χ1n) is 7.07. The molecule has 0 aliphatic carbocycles. The predicted octanol–water partition coefficient (Wildman–Crippen LogP) is 0.861. The van der Waals surface area contributed by atoms with Crippen LogP contribution in [0.25, 0.3) is 10.9 Å². The van der Waals surface area contributed by atoms with Crippen molar-refractivity contribution in [3.05, 3.63) is 36.0 Å². The van der Waals surface area contributed by atoms with Gasteiger partial charge in [-0.15, -0.1) is 21.8 Å². The van der Waals surface area contributed by atoms with Gasteiger partial charge in [0, 0.05) is 30.1 Å². The van der Waals surface area contributed by atoms with Gasteiger partial charge in [0.15, 0.2) is 0 Å². The molecule has 0 bridgehead atoms. The number of rotatable bonds is 4. The Morgan fingerprint density at radius 3 is 2.46 bits per heavy atom. The van der Waals surface area contributed by atoms with Gasteiger partial charge in [-0.25, -0.2) is 13.3 Å². The van der Waals surface area contributed by atoms with Crippen LogP contribution in [0.3, 0.4) is 0 Å². The molecule has 0 aliphatic rings. The van der Waals surface area contributed by atoms with Crippen LogP contribution in [0.2, 0.25) is 0 Å². The van der Waals surface area contributed by atoms with E-state index in [1.54, 1.807) is 0 Å². The number of halogens is 1. The number of hydrogen-bond donors (Lipinski definition) is 1. The zero-order valence-electron chi connectivity index (χ0n) is 13.8. The van der Waals surface area contributed by atoms with Crippen molar-refractivity contribution in [2.24, 2.45) is 0 Å². The maximum Gasteiger partial charge on any atom is 0.323 e. The van der Waals surface area contributed by atoms with Crippen molar-refractivity contribution in [3.8, 4) is 0 Å². The average molecular weight is 419 g/mol. The lowest BCUT2D eigenvalue weighted by Crippen LogP contribution is -2.29. The van der Waals surface area contributed by atoms with Crippen molar-refractivity contribution in [3.63, 3.8) is 0 Å². The summed E-state index contributed by atoms with van der Waals surface area (Å²) in [5.41, 5.74) is 0.278. The molecular weight excluding hydrogens is 405 g/mol. The van der Waals surface area contributed by atoms with E-state index < -0.39 is 31.2 Å². The van der Waals surface area contributed by atoms with E-state index in [0.29, 0.717) is 14.4 Å². The van der Waals surface area contributed by atoms with Crippen LogP contribution in [0.4, 0.5) is 4.39 Å². The van der Waals surface area contributed by atoms with Crippen molar-refractivity contribution in [2.45, 2.75) is 17.0 Å². The van der Waals surface area contributed by atoms with Gasteiger partial charge in [-0.2, -0.15) is 21.1 Å². The minimum Gasteiger partial charge on any atom is -0.234 e. The second-order valence-electron chi connectivity index (χ2n) is 5.55. The number of benzene rings is 1. The molecule has 0 amide bonds. The van der Waals surface area contributed by atoms with Crippen molar-refractivity contribution in [1.82, 2.24) is 22.4 Å². The predicted molar refractivity (Wildman–Crippen MR) is 94.5 cm³/mol. The molecular formula is C13H14FN5O4S3. The zero-order valence-corrected chi connectivity index (χ0v) is 16.3. The van der Waals surface area contributed by atoms with Gasteiger partial charge in [-0.1, -0.05) is 0 Å². The monoisotopic (exact) mass is 419 g/mol. The lowest BCUT2D eigenvalue weighted by Gasteiger charge is -2.09. The third-order valence-electron chi connectivity index (χ3n) is 3.70. The summed E-state index contributed by atoms with van der Waals surface area (Å²) >= 11 is 4.28. The van der Waals surface area contributed by atoms with E-state index >= 15 is 0 Å². The summed E-state index contributed by atoms with van der Waals surface area (Å²) in [6, 6.07) is 3.65. The Labute approximate surface area is 154 Å². The maximum absolute atomic E-state index is 13.6. The fraction of sp³-hybridized carbons (Fsp3) is 0.231. The van der Waals surface area contributed by atoms with Gasteiger partial charge in [0.2, 0.25) is 0 Å². The second kappa shape index (κ2) is 6.04.